The van der Waals surface area contributed by atoms with Crippen molar-refractivity contribution in [1.29, 1.82) is 0 Å². The minimum absolute atomic E-state index is 0.0613. The van der Waals surface area contributed by atoms with Gasteiger partial charge in [-0.25, -0.2) is 14.4 Å². The number of nitrogens with one attached hydrogen (secondary N) is 1. The molecule has 1 fully saturated rings. The molecule has 0 amide bonds. The molecule has 0 aliphatic carbocycles. The highest BCUT2D eigenvalue weighted by Gasteiger charge is 2.69. The van der Waals surface area contributed by atoms with Crippen LogP contribution in [0, 0.1) is 5.92 Å². The molecule has 0 unspecified atom stereocenters. The summed E-state index contributed by atoms with van der Waals surface area (Å²) in [7, 11) is 5.22. The minimum atomic E-state index is -2.16. The summed E-state index contributed by atoms with van der Waals surface area (Å²) >= 11 is 3.42. The number of methoxy groups -OCH3 is 4. The maximum absolute atomic E-state index is 13.7. The van der Waals surface area contributed by atoms with Gasteiger partial charge in [0.15, 0.2) is 0 Å². The Morgan fingerprint density at radius 2 is 1.48 bits per heavy atom. The van der Waals surface area contributed by atoms with Crippen molar-refractivity contribution in [3.05, 3.63) is 81.8 Å². The van der Waals surface area contributed by atoms with Gasteiger partial charge < -0.3 is 28.4 Å². The molecule has 1 N–H and O–H groups in total. The standard InChI is InChI=1S/C30H26BrNO10/c1-37-17-8-5-15(6-9-17)26(33)41-22-12-10-18(38-2)14-20(22)25-23-24(30(32-25,28(35)39-3)29(36)40-4)19-13-16(31)7-11-21(19)42-27(23)34/h5-14,23-25,32H,1-4H3/t23-,24+,25+/m1/s1. The molecule has 0 spiro atoms. The second-order valence-electron chi connectivity index (χ2n) is 9.54. The van der Waals surface area contributed by atoms with E-state index in [2.05, 4.69) is 21.2 Å². The molecule has 3 aromatic rings. The Labute approximate surface area is 249 Å². The van der Waals surface area contributed by atoms with E-state index in [9.17, 15) is 19.2 Å². The van der Waals surface area contributed by atoms with E-state index in [0.717, 1.165) is 14.2 Å². The van der Waals surface area contributed by atoms with Gasteiger partial charge in [0.05, 0.1) is 46.0 Å². The fourth-order valence-corrected chi connectivity index (χ4v) is 5.92. The summed E-state index contributed by atoms with van der Waals surface area (Å²) in [6, 6.07) is 14.8. The highest BCUT2D eigenvalue weighted by Crippen LogP contribution is 2.56. The summed E-state index contributed by atoms with van der Waals surface area (Å²) in [6.07, 6.45) is 0. The van der Waals surface area contributed by atoms with Crippen molar-refractivity contribution in [3.8, 4) is 23.0 Å². The average molecular weight is 640 g/mol. The third-order valence-electron chi connectivity index (χ3n) is 7.45. The number of rotatable bonds is 7. The van der Waals surface area contributed by atoms with E-state index in [-0.39, 0.29) is 22.6 Å². The lowest BCUT2D eigenvalue weighted by molar-refractivity contribution is -0.164. The van der Waals surface area contributed by atoms with E-state index < -0.39 is 47.3 Å². The zero-order chi connectivity index (χ0) is 30.2. The molecule has 3 atom stereocenters. The predicted octanol–water partition coefficient (Wildman–Crippen LogP) is 3.73. The molecule has 218 valence electrons. The predicted molar refractivity (Wildman–Crippen MR) is 150 cm³/mol. The van der Waals surface area contributed by atoms with Crippen LogP contribution < -0.4 is 24.3 Å². The first-order valence-electron chi connectivity index (χ1n) is 12.7. The zero-order valence-corrected chi connectivity index (χ0v) is 24.6. The number of carbonyl (C=O) groups excluding carboxylic acids is 4. The second kappa shape index (κ2) is 11.5. The number of fused-ring (bicyclic) bond motifs is 3. The van der Waals surface area contributed by atoms with E-state index in [0.29, 0.717) is 21.5 Å². The molecule has 2 heterocycles. The Kier molecular flexibility index (Phi) is 7.93. The first-order chi connectivity index (χ1) is 20.2. The normalized spacial score (nSPS) is 19.9. The summed E-state index contributed by atoms with van der Waals surface area (Å²) in [5.74, 6) is -4.44. The lowest BCUT2D eigenvalue weighted by Crippen LogP contribution is -2.59. The molecule has 2 aliphatic heterocycles. The van der Waals surface area contributed by atoms with Crippen LogP contribution in [-0.4, -0.2) is 57.9 Å². The van der Waals surface area contributed by atoms with Gasteiger partial charge >= 0.3 is 23.9 Å². The molecule has 2 aliphatic rings. The Bertz CT molecular complexity index is 1550. The largest absolute Gasteiger partial charge is 0.497 e. The molecular weight excluding hydrogens is 614 g/mol. The van der Waals surface area contributed by atoms with Crippen molar-refractivity contribution in [2.45, 2.75) is 17.5 Å². The lowest BCUT2D eigenvalue weighted by atomic mass is 9.72. The molecular formula is C30H26BrNO10. The van der Waals surface area contributed by atoms with Crippen LogP contribution >= 0.6 is 15.9 Å². The SMILES string of the molecule is COC(=O)C1(C(=O)OC)N[C@@H](c2cc(OC)ccc2OC(=O)c2ccc(OC)cc2)[C@@H]2C(=O)Oc3ccc(Br)cc3[C@@H]21. The lowest BCUT2D eigenvalue weighted by Gasteiger charge is -2.34. The molecule has 11 nitrogen and oxygen atoms in total. The van der Waals surface area contributed by atoms with Crippen LogP contribution in [0.1, 0.15) is 33.4 Å². The Morgan fingerprint density at radius 1 is 0.833 bits per heavy atom. The molecule has 1 saturated heterocycles. The second-order valence-corrected chi connectivity index (χ2v) is 10.5. The van der Waals surface area contributed by atoms with Gasteiger partial charge in [-0.05, 0) is 60.7 Å². The van der Waals surface area contributed by atoms with Crippen LogP contribution in [0.3, 0.4) is 0 Å². The highest BCUT2D eigenvalue weighted by molar-refractivity contribution is 9.10. The van der Waals surface area contributed by atoms with Crippen molar-refractivity contribution in [2.24, 2.45) is 5.92 Å². The molecule has 0 aromatic heterocycles. The van der Waals surface area contributed by atoms with Crippen LogP contribution in [-0.2, 0) is 23.9 Å². The maximum atomic E-state index is 13.7. The molecule has 0 radical (unpaired) electrons. The topological polar surface area (TPSA) is 136 Å². The van der Waals surface area contributed by atoms with Gasteiger partial charge in [-0.15, -0.1) is 0 Å². The highest BCUT2D eigenvalue weighted by atomic mass is 79.9. The number of ether oxygens (including phenoxy) is 6. The zero-order valence-electron chi connectivity index (χ0n) is 23.0. The molecule has 0 bridgehead atoms. The smallest absolute Gasteiger partial charge is 0.343 e. The van der Waals surface area contributed by atoms with Crippen molar-refractivity contribution in [1.82, 2.24) is 5.32 Å². The number of benzene rings is 3. The van der Waals surface area contributed by atoms with Gasteiger partial charge in [-0.3, -0.25) is 10.1 Å². The summed E-state index contributed by atoms with van der Waals surface area (Å²) < 4.78 is 32.9. The van der Waals surface area contributed by atoms with Crippen LogP contribution in [0.2, 0.25) is 0 Å². The van der Waals surface area contributed by atoms with Crippen molar-refractivity contribution >= 4 is 39.8 Å². The number of carbonyl (C=O) groups is 4. The van der Waals surface area contributed by atoms with Gasteiger partial charge in [0.25, 0.3) is 0 Å². The van der Waals surface area contributed by atoms with E-state index in [1.54, 1.807) is 54.6 Å². The molecule has 5 rings (SSSR count). The number of hydrogen-bond acceptors (Lipinski definition) is 11. The molecule has 3 aromatic carbocycles. The third-order valence-corrected chi connectivity index (χ3v) is 7.95. The number of esters is 4. The van der Waals surface area contributed by atoms with E-state index in [4.69, 9.17) is 28.4 Å². The summed E-state index contributed by atoms with van der Waals surface area (Å²) in [5.41, 5.74) is -1.26. The Morgan fingerprint density at radius 3 is 2.10 bits per heavy atom. The summed E-state index contributed by atoms with van der Waals surface area (Å²) in [6.45, 7) is 0. The quantitative estimate of drug-likeness (QED) is 0.230. The van der Waals surface area contributed by atoms with Crippen LogP contribution in [0.15, 0.2) is 65.1 Å². The minimum Gasteiger partial charge on any atom is -0.497 e. The van der Waals surface area contributed by atoms with Crippen LogP contribution in [0.4, 0.5) is 0 Å². The third kappa shape index (κ3) is 4.76. The van der Waals surface area contributed by atoms with E-state index in [1.807, 2.05) is 0 Å². The fourth-order valence-electron chi connectivity index (χ4n) is 5.54. The monoisotopic (exact) mass is 639 g/mol. The maximum Gasteiger partial charge on any atom is 0.343 e. The summed E-state index contributed by atoms with van der Waals surface area (Å²) in [4.78, 5) is 53.9. The molecule has 0 saturated carbocycles. The Hall–Kier alpha value is -4.42. The van der Waals surface area contributed by atoms with Gasteiger partial charge in [-0.2, -0.15) is 0 Å². The van der Waals surface area contributed by atoms with Gasteiger partial charge in [0, 0.05) is 21.5 Å². The van der Waals surface area contributed by atoms with Gasteiger partial charge in [0.2, 0.25) is 5.54 Å². The first kappa shape index (κ1) is 29.1. The van der Waals surface area contributed by atoms with Crippen molar-refractivity contribution < 1.29 is 47.6 Å². The first-order valence-corrected chi connectivity index (χ1v) is 13.5. The number of hydrogen-bond donors (Lipinski definition) is 1. The van der Waals surface area contributed by atoms with E-state index >= 15 is 0 Å². The average Bonchev–Trinajstić information content (AvgIpc) is 3.39. The van der Waals surface area contributed by atoms with Crippen LogP contribution in [0.25, 0.3) is 0 Å². The number of halogens is 1. The van der Waals surface area contributed by atoms with Gasteiger partial charge in [-0.1, -0.05) is 15.9 Å². The Balaban J connectivity index is 1.67. The fraction of sp³-hybridized carbons (Fsp3) is 0.267. The molecule has 42 heavy (non-hydrogen) atoms. The van der Waals surface area contributed by atoms with Crippen molar-refractivity contribution in [2.75, 3.05) is 28.4 Å². The van der Waals surface area contributed by atoms with E-state index in [1.165, 1.54) is 20.3 Å². The van der Waals surface area contributed by atoms with Crippen LogP contribution in [0.5, 0.6) is 23.0 Å². The van der Waals surface area contributed by atoms with Gasteiger partial charge in [0.1, 0.15) is 23.0 Å². The molecule has 12 heteroatoms. The summed E-state index contributed by atoms with van der Waals surface area (Å²) in [5, 5.41) is 3.05. The van der Waals surface area contributed by atoms with Crippen molar-refractivity contribution in [3.63, 3.8) is 0 Å².